The van der Waals surface area contributed by atoms with E-state index in [0.29, 0.717) is 11.9 Å². The fourth-order valence-corrected chi connectivity index (χ4v) is 2.33. The summed E-state index contributed by atoms with van der Waals surface area (Å²) in [5.74, 6) is 0.981. The van der Waals surface area contributed by atoms with Crippen LogP contribution in [0.2, 0.25) is 0 Å². The largest absolute Gasteiger partial charge is 0.493 e. The van der Waals surface area contributed by atoms with Crippen molar-refractivity contribution < 1.29 is 9.53 Å². The van der Waals surface area contributed by atoms with Crippen molar-refractivity contribution in [3.05, 3.63) is 27.7 Å². The maximum atomic E-state index is 11.5. The predicted molar refractivity (Wildman–Crippen MR) is 61.5 cm³/mol. The molecular weight excluding hydrogens is 312 g/mol. The zero-order valence-electron chi connectivity index (χ0n) is 7.35. The zero-order chi connectivity index (χ0) is 10.1. The molecule has 1 aliphatic rings. The van der Waals surface area contributed by atoms with E-state index in [1.54, 1.807) is 0 Å². The van der Waals surface area contributed by atoms with Gasteiger partial charge >= 0.3 is 0 Å². The van der Waals surface area contributed by atoms with Crippen molar-refractivity contribution in [3.63, 3.8) is 0 Å². The first kappa shape index (κ1) is 10.2. The van der Waals surface area contributed by atoms with Crippen molar-refractivity contribution in [1.82, 2.24) is 0 Å². The summed E-state index contributed by atoms with van der Waals surface area (Å²) in [6, 6.07) is 3.79. The Morgan fingerprint density at radius 1 is 1.50 bits per heavy atom. The number of rotatable bonds is 2. The van der Waals surface area contributed by atoms with Crippen LogP contribution in [0, 0.1) is 0 Å². The van der Waals surface area contributed by atoms with E-state index in [2.05, 4.69) is 31.9 Å². The molecule has 0 amide bonds. The maximum absolute atomic E-state index is 11.5. The SMILES string of the molecule is O=C(CBr)c1cc2c(cc1Br)OCC2. The van der Waals surface area contributed by atoms with Crippen LogP contribution in [-0.4, -0.2) is 17.7 Å². The van der Waals surface area contributed by atoms with Crippen LogP contribution >= 0.6 is 31.9 Å². The number of ether oxygens (including phenoxy) is 1. The number of Topliss-reactive ketones (excluding diaryl/α,β-unsaturated/α-hetero) is 1. The van der Waals surface area contributed by atoms with Crippen LogP contribution in [0.3, 0.4) is 0 Å². The molecule has 1 aliphatic heterocycles. The first-order valence-corrected chi connectivity index (χ1v) is 6.18. The Kier molecular flexibility index (Phi) is 2.93. The average molecular weight is 320 g/mol. The van der Waals surface area contributed by atoms with E-state index in [-0.39, 0.29) is 5.78 Å². The van der Waals surface area contributed by atoms with Gasteiger partial charge in [0, 0.05) is 16.5 Å². The number of carbonyl (C=O) groups excluding carboxylic acids is 1. The molecule has 1 aromatic rings. The molecule has 2 rings (SSSR count). The molecule has 0 N–H and O–H groups in total. The average Bonchev–Trinajstić information content (AvgIpc) is 2.62. The summed E-state index contributed by atoms with van der Waals surface area (Å²) in [6.45, 7) is 0.716. The Labute approximate surface area is 98.9 Å². The molecule has 0 unspecified atom stereocenters. The van der Waals surface area contributed by atoms with E-state index < -0.39 is 0 Å². The molecule has 1 heterocycles. The second kappa shape index (κ2) is 4.03. The molecule has 0 fully saturated rings. The minimum absolute atomic E-state index is 0.0894. The summed E-state index contributed by atoms with van der Waals surface area (Å²) < 4.78 is 6.20. The number of fused-ring (bicyclic) bond motifs is 1. The molecule has 0 saturated carbocycles. The molecule has 0 aromatic heterocycles. The Bertz CT molecular complexity index is 388. The molecule has 0 bridgehead atoms. The van der Waals surface area contributed by atoms with E-state index in [1.165, 1.54) is 0 Å². The number of halogens is 2. The van der Waals surface area contributed by atoms with Gasteiger partial charge in [-0.15, -0.1) is 0 Å². The lowest BCUT2D eigenvalue weighted by Crippen LogP contribution is -2.01. The van der Waals surface area contributed by atoms with Gasteiger partial charge in [0.05, 0.1) is 11.9 Å². The number of benzene rings is 1. The molecule has 0 aliphatic carbocycles. The summed E-state index contributed by atoms with van der Waals surface area (Å²) in [4.78, 5) is 11.5. The highest BCUT2D eigenvalue weighted by Crippen LogP contribution is 2.31. The van der Waals surface area contributed by atoms with Crippen LogP contribution < -0.4 is 4.74 Å². The highest BCUT2D eigenvalue weighted by Gasteiger charge is 2.17. The van der Waals surface area contributed by atoms with Crippen LogP contribution in [0.15, 0.2) is 16.6 Å². The highest BCUT2D eigenvalue weighted by atomic mass is 79.9. The molecular formula is C10H8Br2O2. The molecule has 1 aromatic carbocycles. The van der Waals surface area contributed by atoms with Crippen LogP contribution in [-0.2, 0) is 6.42 Å². The van der Waals surface area contributed by atoms with Crippen LogP contribution in [0.25, 0.3) is 0 Å². The Morgan fingerprint density at radius 2 is 2.29 bits per heavy atom. The Hall–Kier alpha value is -0.350. The standard InChI is InChI=1S/C10H8Br2O2/c11-5-9(13)7-3-6-1-2-14-10(6)4-8(7)12/h3-4H,1-2,5H2. The lowest BCUT2D eigenvalue weighted by molar-refractivity contribution is 0.102. The molecule has 14 heavy (non-hydrogen) atoms. The number of carbonyl (C=O) groups is 1. The van der Waals surface area contributed by atoms with Crippen LogP contribution in [0.1, 0.15) is 15.9 Å². The summed E-state index contributed by atoms with van der Waals surface area (Å²) in [5.41, 5.74) is 1.85. The van der Waals surface area contributed by atoms with Crippen molar-refractivity contribution in [2.45, 2.75) is 6.42 Å². The number of hydrogen-bond acceptors (Lipinski definition) is 2. The molecule has 0 radical (unpaired) electrons. The highest BCUT2D eigenvalue weighted by molar-refractivity contribution is 9.10. The fourth-order valence-electron chi connectivity index (χ4n) is 1.49. The van der Waals surface area contributed by atoms with Crippen molar-refractivity contribution in [1.29, 1.82) is 0 Å². The van der Waals surface area contributed by atoms with Gasteiger partial charge < -0.3 is 4.74 Å². The van der Waals surface area contributed by atoms with Gasteiger partial charge in [-0.2, -0.15) is 0 Å². The summed E-state index contributed by atoms with van der Waals surface area (Å²) in [5, 5.41) is 0.352. The second-order valence-electron chi connectivity index (χ2n) is 3.10. The van der Waals surface area contributed by atoms with E-state index in [4.69, 9.17) is 4.74 Å². The van der Waals surface area contributed by atoms with Crippen LogP contribution in [0.5, 0.6) is 5.75 Å². The number of hydrogen-bond donors (Lipinski definition) is 0. The van der Waals surface area contributed by atoms with Gasteiger partial charge in [0.15, 0.2) is 5.78 Å². The molecule has 2 nitrogen and oxygen atoms in total. The van der Waals surface area contributed by atoms with Gasteiger partial charge in [-0.1, -0.05) is 15.9 Å². The van der Waals surface area contributed by atoms with Gasteiger partial charge in [0.2, 0.25) is 0 Å². The van der Waals surface area contributed by atoms with Gasteiger partial charge in [-0.05, 0) is 33.6 Å². The lowest BCUT2D eigenvalue weighted by Gasteiger charge is -2.04. The smallest absolute Gasteiger partial charge is 0.174 e. The third-order valence-electron chi connectivity index (χ3n) is 2.20. The Morgan fingerprint density at radius 3 is 3.00 bits per heavy atom. The van der Waals surface area contributed by atoms with E-state index in [0.717, 1.165) is 27.8 Å². The summed E-state index contributed by atoms with van der Waals surface area (Å²) >= 11 is 6.53. The number of ketones is 1. The normalized spacial score (nSPS) is 13.6. The monoisotopic (exact) mass is 318 g/mol. The number of alkyl halides is 1. The van der Waals surface area contributed by atoms with Crippen LogP contribution in [0.4, 0.5) is 0 Å². The quantitative estimate of drug-likeness (QED) is 0.619. The zero-order valence-corrected chi connectivity index (χ0v) is 10.5. The second-order valence-corrected chi connectivity index (χ2v) is 4.51. The summed E-state index contributed by atoms with van der Waals surface area (Å²) in [6.07, 6.45) is 0.894. The minimum Gasteiger partial charge on any atom is -0.493 e. The van der Waals surface area contributed by atoms with Gasteiger partial charge in [-0.25, -0.2) is 0 Å². The van der Waals surface area contributed by atoms with Crippen molar-refractivity contribution in [3.8, 4) is 5.75 Å². The topological polar surface area (TPSA) is 26.3 Å². The lowest BCUT2D eigenvalue weighted by atomic mass is 10.1. The van der Waals surface area contributed by atoms with E-state index in [9.17, 15) is 4.79 Å². The minimum atomic E-state index is 0.0894. The van der Waals surface area contributed by atoms with Crippen molar-refractivity contribution in [2.24, 2.45) is 0 Å². The first-order chi connectivity index (χ1) is 6.72. The van der Waals surface area contributed by atoms with E-state index >= 15 is 0 Å². The van der Waals surface area contributed by atoms with Crippen molar-refractivity contribution >= 4 is 37.6 Å². The van der Waals surface area contributed by atoms with Gasteiger partial charge in [0.1, 0.15) is 5.75 Å². The predicted octanol–water partition coefficient (Wildman–Crippen LogP) is 2.96. The maximum Gasteiger partial charge on any atom is 0.174 e. The molecule has 0 atom stereocenters. The molecule has 0 saturated heterocycles. The fraction of sp³-hybridized carbons (Fsp3) is 0.300. The molecule has 0 spiro atoms. The molecule has 4 heteroatoms. The summed E-state index contributed by atoms with van der Waals surface area (Å²) in [7, 11) is 0. The van der Waals surface area contributed by atoms with E-state index in [1.807, 2.05) is 12.1 Å². The Balaban J connectivity index is 2.47. The third kappa shape index (κ3) is 1.73. The van der Waals surface area contributed by atoms with Gasteiger partial charge in [-0.3, -0.25) is 4.79 Å². The third-order valence-corrected chi connectivity index (χ3v) is 3.37. The molecule has 74 valence electrons. The van der Waals surface area contributed by atoms with Crippen molar-refractivity contribution in [2.75, 3.05) is 11.9 Å². The van der Waals surface area contributed by atoms with Gasteiger partial charge in [0.25, 0.3) is 0 Å². The first-order valence-electron chi connectivity index (χ1n) is 4.26.